The summed E-state index contributed by atoms with van der Waals surface area (Å²) in [7, 11) is -3.43. The topological polar surface area (TPSA) is 82.6 Å². The molecule has 2 aromatic rings. The molecule has 0 saturated carbocycles. The summed E-state index contributed by atoms with van der Waals surface area (Å²) >= 11 is 0. The van der Waals surface area contributed by atoms with E-state index >= 15 is 0 Å². The van der Waals surface area contributed by atoms with Crippen molar-refractivity contribution in [3.05, 3.63) is 53.7 Å². The Morgan fingerprint density at radius 1 is 1.00 bits per heavy atom. The standard InChI is InChI=1S/C21H26N4O3S/c26-21-7-4-10-24(21)16-18-6-3-5-17(13-18)14-22-20-9-8-19(15-23-20)29(27,28)25-11-1-2-12-25/h3,5-6,8-9,13,15H,1-2,4,7,10-12,14,16H2,(H,22,23). The summed E-state index contributed by atoms with van der Waals surface area (Å²) in [6.45, 7) is 3.22. The van der Waals surface area contributed by atoms with E-state index in [1.165, 1.54) is 10.5 Å². The number of nitrogens with one attached hydrogen (secondary N) is 1. The van der Waals surface area contributed by atoms with Gasteiger partial charge in [-0.3, -0.25) is 4.79 Å². The van der Waals surface area contributed by atoms with Crippen LogP contribution in [0.5, 0.6) is 0 Å². The number of carbonyl (C=O) groups excluding carboxylic acids is 1. The summed E-state index contributed by atoms with van der Waals surface area (Å²) in [5.74, 6) is 0.854. The number of anilines is 1. The zero-order valence-electron chi connectivity index (χ0n) is 16.4. The summed E-state index contributed by atoms with van der Waals surface area (Å²) in [5, 5.41) is 3.24. The summed E-state index contributed by atoms with van der Waals surface area (Å²) in [5.41, 5.74) is 2.20. The molecule has 2 aliphatic rings. The second-order valence-corrected chi connectivity index (χ2v) is 9.52. The molecule has 8 heteroatoms. The predicted molar refractivity (Wildman–Crippen MR) is 111 cm³/mol. The van der Waals surface area contributed by atoms with Crippen molar-refractivity contribution >= 4 is 21.7 Å². The zero-order chi connectivity index (χ0) is 20.3. The Morgan fingerprint density at radius 2 is 1.79 bits per heavy atom. The van der Waals surface area contributed by atoms with Gasteiger partial charge in [0.25, 0.3) is 0 Å². The number of hydrogen-bond acceptors (Lipinski definition) is 5. The predicted octanol–water partition coefficient (Wildman–Crippen LogP) is 2.60. The van der Waals surface area contributed by atoms with Gasteiger partial charge in [-0.15, -0.1) is 0 Å². The Labute approximate surface area is 171 Å². The lowest BCUT2D eigenvalue weighted by atomic mass is 10.1. The molecule has 4 rings (SSSR count). The van der Waals surface area contributed by atoms with Crippen LogP contribution in [0.4, 0.5) is 5.82 Å². The van der Waals surface area contributed by atoms with E-state index in [1.807, 2.05) is 23.1 Å². The maximum Gasteiger partial charge on any atom is 0.244 e. The first-order valence-electron chi connectivity index (χ1n) is 10.1. The van der Waals surface area contributed by atoms with Gasteiger partial charge in [-0.05, 0) is 42.5 Å². The van der Waals surface area contributed by atoms with Crippen molar-refractivity contribution in [3.63, 3.8) is 0 Å². The number of benzene rings is 1. The maximum absolute atomic E-state index is 12.6. The third-order valence-corrected chi connectivity index (χ3v) is 7.33. The number of likely N-dealkylation sites (tertiary alicyclic amines) is 1. The Kier molecular flexibility index (Phi) is 5.82. The fraction of sp³-hybridized carbons (Fsp3) is 0.429. The highest BCUT2D eigenvalue weighted by atomic mass is 32.2. The second kappa shape index (κ2) is 8.51. The van der Waals surface area contributed by atoms with Crippen LogP contribution in [0.25, 0.3) is 0 Å². The Balaban J connectivity index is 1.36. The smallest absolute Gasteiger partial charge is 0.244 e. The Hall–Kier alpha value is -2.45. The lowest BCUT2D eigenvalue weighted by Gasteiger charge is -2.16. The van der Waals surface area contributed by atoms with Gasteiger partial charge in [0.2, 0.25) is 15.9 Å². The second-order valence-electron chi connectivity index (χ2n) is 7.58. The summed E-state index contributed by atoms with van der Waals surface area (Å²) in [4.78, 5) is 18.2. The molecule has 7 nitrogen and oxygen atoms in total. The maximum atomic E-state index is 12.6. The van der Waals surface area contributed by atoms with Crippen molar-refractivity contribution in [1.82, 2.24) is 14.2 Å². The van der Waals surface area contributed by atoms with Crippen LogP contribution in [0.3, 0.4) is 0 Å². The van der Waals surface area contributed by atoms with Crippen molar-refractivity contribution in [2.75, 3.05) is 25.0 Å². The van der Waals surface area contributed by atoms with Crippen LogP contribution in [-0.2, 0) is 27.9 Å². The van der Waals surface area contributed by atoms with Crippen LogP contribution < -0.4 is 5.32 Å². The van der Waals surface area contributed by atoms with Gasteiger partial charge in [-0.1, -0.05) is 24.3 Å². The lowest BCUT2D eigenvalue weighted by Crippen LogP contribution is -2.27. The van der Waals surface area contributed by atoms with Gasteiger partial charge in [0.1, 0.15) is 10.7 Å². The third-order valence-electron chi connectivity index (χ3n) is 5.45. The minimum Gasteiger partial charge on any atom is -0.366 e. The zero-order valence-corrected chi connectivity index (χ0v) is 17.2. The van der Waals surface area contributed by atoms with E-state index in [-0.39, 0.29) is 10.8 Å². The molecule has 2 saturated heterocycles. The number of nitrogens with zero attached hydrogens (tertiary/aromatic N) is 3. The highest BCUT2D eigenvalue weighted by Gasteiger charge is 2.27. The molecule has 0 unspecified atom stereocenters. The van der Waals surface area contributed by atoms with Crippen molar-refractivity contribution in [1.29, 1.82) is 0 Å². The van der Waals surface area contributed by atoms with Gasteiger partial charge in [-0.25, -0.2) is 13.4 Å². The average Bonchev–Trinajstić information content (AvgIpc) is 3.40. The van der Waals surface area contributed by atoms with E-state index in [0.29, 0.717) is 38.4 Å². The number of sulfonamides is 1. The molecule has 0 atom stereocenters. The Bertz CT molecular complexity index is 970. The Morgan fingerprint density at radius 3 is 2.48 bits per heavy atom. The van der Waals surface area contributed by atoms with Gasteiger partial charge < -0.3 is 10.2 Å². The molecule has 0 spiro atoms. The molecular weight excluding hydrogens is 388 g/mol. The van der Waals surface area contributed by atoms with Crippen LogP contribution >= 0.6 is 0 Å². The van der Waals surface area contributed by atoms with Crippen LogP contribution in [0.1, 0.15) is 36.8 Å². The number of pyridine rings is 1. The molecule has 0 radical (unpaired) electrons. The fourth-order valence-corrected chi connectivity index (χ4v) is 5.30. The highest BCUT2D eigenvalue weighted by Crippen LogP contribution is 2.21. The van der Waals surface area contributed by atoms with Crippen molar-refractivity contribution < 1.29 is 13.2 Å². The third kappa shape index (κ3) is 4.59. The SMILES string of the molecule is O=C1CCCN1Cc1cccc(CNc2ccc(S(=O)(=O)N3CCCC3)cn2)c1. The molecular formula is C21H26N4O3S. The molecule has 1 aromatic heterocycles. The van der Waals surface area contributed by atoms with E-state index in [9.17, 15) is 13.2 Å². The summed E-state index contributed by atoms with van der Waals surface area (Å²) in [6.07, 6.45) is 4.84. The molecule has 29 heavy (non-hydrogen) atoms. The number of carbonyl (C=O) groups is 1. The van der Waals surface area contributed by atoms with Crippen LogP contribution in [0, 0.1) is 0 Å². The molecule has 0 bridgehead atoms. The van der Waals surface area contributed by atoms with Gasteiger partial charge >= 0.3 is 0 Å². The van der Waals surface area contributed by atoms with E-state index in [2.05, 4.69) is 16.4 Å². The van der Waals surface area contributed by atoms with Gasteiger partial charge in [0.05, 0.1) is 0 Å². The lowest BCUT2D eigenvalue weighted by molar-refractivity contribution is -0.128. The largest absolute Gasteiger partial charge is 0.366 e. The normalized spacial score (nSPS) is 17.8. The molecule has 154 valence electrons. The minimum absolute atomic E-state index is 0.224. The van der Waals surface area contributed by atoms with Gasteiger partial charge in [0.15, 0.2) is 0 Å². The van der Waals surface area contributed by atoms with Crippen molar-refractivity contribution in [2.45, 2.75) is 43.7 Å². The monoisotopic (exact) mass is 414 g/mol. The van der Waals surface area contributed by atoms with E-state index in [0.717, 1.165) is 36.9 Å². The number of rotatable bonds is 7. The van der Waals surface area contributed by atoms with E-state index in [1.54, 1.807) is 12.1 Å². The molecule has 2 aliphatic heterocycles. The molecule has 1 N–H and O–H groups in total. The molecule has 1 amide bonds. The van der Waals surface area contributed by atoms with Crippen molar-refractivity contribution in [3.8, 4) is 0 Å². The number of hydrogen-bond donors (Lipinski definition) is 1. The number of amides is 1. The van der Waals surface area contributed by atoms with Crippen LogP contribution in [0.2, 0.25) is 0 Å². The first-order valence-corrected chi connectivity index (χ1v) is 11.5. The highest BCUT2D eigenvalue weighted by molar-refractivity contribution is 7.89. The summed E-state index contributed by atoms with van der Waals surface area (Å²) < 4.78 is 26.7. The number of aromatic nitrogens is 1. The molecule has 2 fully saturated rings. The molecule has 3 heterocycles. The van der Waals surface area contributed by atoms with Crippen molar-refractivity contribution in [2.24, 2.45) is 0 Å². The van der Waals surface area contributed by atoms with Gasteiger partial charge in [-0.2, -0.15) is 4.31 Å². The quantitative estimate of drug-likeness (QED) is 0.753. The molecule has 0 aliphatic carbocycles. The van der Waals surface area contributed by atoms with E-state index < -0.39 is 10.0 Å². The first kappa shape index (κ1) is 19.8. The average molecular weight is 415 g/mol. The van der Waals surface area contributed by atoms with Crippen LogP contribution in [0.15, 0.2) is 47.5 Å². The van der Waals surface area contributed by atoms with E-state index in [4.69, 9.17) is 0 Å². The van der Waals surface area contributed by atoms with Gasteiger partial charge in [0, 0.05) is 45.3 Å². The van der Waals surface area contributed by atoms with Crippen LogP contribution in [-0.4, -0.2) is 48.1 Å². The summed E-state index contributed by atoms with van der Waals surface area (Å²) in [6, 6.07) is 11.4. The minimum atomic E-state index is -3.43. The first-order chi connectivity index (χ1) is 14.0. The molecule has 1 aromatic carbocycles. The fourth-order valence-electron chi connectivity index (χ4n) is 3.84.